The maximum absolute atomic E-state index is 11.6. The number of amides is 4. The van der Waals surface area contributed by atoms with Crippen LogP contribution in [-0.2, 0) is 19.2 Å². The largest absolute Gasteiger partial charge is 0.370 e. The first-order valence-electron chi connectivity index (χ1n) is 4.55. The van der Waals surface area contributed by atoms with Crippen LogP contribution in [0.3, 0.4) is 0 Å². The molecular formula is C8H12N4O4. The Balaban J connectivity index is 2.62. The van der Waals surface area contributed by atoms with Crippen LogP contribution >= 0.6 is 0 Å². The van der Waals surface area contributed by atoms with Crippen LogP contribution in [0.4, 0.5) is 0 Å². The predicted molar refractivity (Wildman–Crippen MR) is 51.5 cm³/mol. The van der Waals surface area contributed by atoms with Crippen molar-refractivity contribution in [3.63, 3.8) is 0 Å². The molecule has 1 unspecified atom stereocenters. The Morgan fingerprint density at radius 3 is 2.25 bits per heavy atom. The predicted octanol–water partition coefficient (Wildman–Crippen LogP) is -3.33. The lowest BCUT2D eigenvalue weighted by Crippen LogP contribution is -2.57. The summed E-state index contributed by atoms with van der Waals surface area (Å²) in [6.45, 7) is -0.478. The quantitative estimate of drug-likeness (QED) is 0.434. The van der Waals surface area contributed by atoms with Crippen LogP contribution in [0.1, 0.15) is 6.42 Å². The SMILES string of the molecule is NC(=O)CC(N)C(=O)N1CC(=O)NC(=O)C1. The fourth-order valence-electron chi connectivity index (χ4n) is 1.33. The van der Waals surface area contributed by atoms with Crippen LogP contribution in [0.25, 0.3) is 0 Å². The van der Waals surface area contributed by atoms with Crippen molar-refractivity contribution in [3.8, 4) is 0 Å². The molecule has 0 spiro atoms. The molecule has 16 heavy (non-hydrogen) atoms. The summed E-state index contributed by atoms with van der Waals surface area (Å²) in [7, 11) is 0. The summed E-state index contributed by atoms with van der Waals surface area (Å²) in [5.41, 5.74) is 10.3. The van der Waals surface area contributed by atoms with Crippen molar-refractivity contribution in [3.05, 3.63) is 0 Å². The van der Waals surface area contributed by atoms with Crippen molar-refractivity contribution in [1.82, 2.24) is 10.2 Å². The monoisotopic (exact) mass is 228 g/mol. The lowest BCUT2D eigenvalue weighted by molar-refractivity contribution is -0.146. The Bertz CT molecular complexity index is 338. The maximum Gasteiger partial charge on any atom is 0.246 e. The Morgan fingerprint density at radius 2 is 1.81 bits per heavy atom. The molecule has 0 aromatic heterocycles. The third-order valence-electron chi connectivity index (χ3n) is 2.00. The van der Waals surface area contributed by atoms with Crippen molar-refractivity contribution in [2.45, 2.75) is 12.5 Å². The van der Waals surface area contributed by atoms with Gasteiger partial charge in [-0.05, 0) is 0 Å². The molecule has 1 atom stereocenters. The minimum absolute atomic E-state index is 0.239. The molecule has 0 bridgehead atoms. The van der Waals surface area contributed by atoms with Gasteiger partial charge in [-0.25, -0.2) is 0 Å². The normalized spacial score (nSPS) is 17.9. The summed E-state index contributed by atoms with van der Waals surface area (Å²) in [4.78, 5) is 45.1. The number of rotatable bonds is 3. The second-order valence-corrected chi connectivity index (χ2v) is 3.44. The van der Waals surface area contributed by atoms with Crippen LogP contribution in [0.5, 0.6) is 0 Å². The lowest BCUT2D eigenvalue weighted by atomic mass is 10.1. The Kier molecular flexibility index (Phi) is 3.56. The van der Waals surface area contributed by atoms with E-state index in [0.717, 1.165) is 4.90 Å². The number of carbonyl (C=O) groups is 4. The van der Waals surface area contributed by atoms with E-state index in [2.05, 4.69) is 0 Å². The highest BCUT2D eigenvalue weighted by atomic mass is 16.2. The summed E-state index contributed by atoms with van der Waals surface area (Å²) >= 11 is 0. The second kappa shape index (κ2) is 4.71. The summed E-state index contributed by atoms with van der Waals surface area (Å²) < 4.78 is 0. The molecule has 0 aromatic carbocycles. The molecule has 0 radical (unpaired) electrons. The third kappa shape index (κ3) is 3.02. The molecule has 8 heteroatoms. The van der Waals surface area contributed by atoms with Crippen molar-refractivity contribution in [2.24, 2.45) is 11.5 Å². The second-order valence-electron chi connectivity index (χ2n) is 3.44. The zero-order chi connectivity index (χ0) is 12.3. The zero-order valence-electron chi connectivity index (χ0n) is 8.43. The number of carbonyl (C=O) groups excluding carboxylic acids is 4. The molecular weight excluding hydrogens is 216 g/mol. The van der Waals surface area contributed by atoms with Gasteiger partial charge in [0.15, 0.2) is 0 Å². The van der Waals surface area contributed by atoms with Gasteiger partial charge >= 0.3 is 0 Å². The Hall–Kier alpha value is -1.96. The molecule has 4 amide bonds. The van der Waals surface area contributed by atoms with E-state index in [-0.39, 0.29) is 19.5 Å². The van der Waals surface area contributed by atoms with Crippen LogP contribution in [-0.4, -0.2) is 47.7 Å². The molecule has 1 aliphatic heterocycles. The Labute approximate surface area is 90.9 Å². The summed E-state index contributed by atoms with van der Waals surface area (Å²) in [6.07, 6.45) is -0.314. The van der Waals surface area contributed by atoms with Crippen molar-refractivity contribution >= 4 is 23.6 Å². The maximum atomic E-state index is 11.6. The molecule has 88 valence electrons. The molecule has 0 saturated carbocycles. The minimum atomic E-state index is -1.11. The fraction of sp³-hybridized carbons (Fsp3) is 0.500. The molecule has 0 aromatic rings. The average Bonchev–Trinajstić information content (AvgIpc) is 2.13. The molecule has 1 fully saturated rings. The molecule has 1 saturated heterocycles. The smallest absolute Gasteiger partial charge is 0.246 e. The van der Waals surface area contributed by atoms with Crippen LogP contribution in [0.2, 0.25) is 0 Å². The summed E-state index contributed by atoms with van der Waals surface area (Å²) in [5.74, 6) is -2.50. The van der Waals surface area contributed by atoms with E-state index in [1.165, 1.54) is 0 Å². The van der Waals surface area contributed by atoms with Gasteiger partial charge in [0, 0.05) is 0 Å². The number of nitrogens with one attached hydrogen (secondary N) is 1. The number of imide groups is 1. The van der Waals surface area contributed by atoms with Crippen LogP contribution in [0, 0.1) is 0 Å². The standard InChI is InChI=1S/C8H12N4O4/c9-4(1-5(10)13)8(16)12-2-6(14)11-7(15)3-12/h4H,1-3,9H2,(H2,10,13)(H,11,14,15). The van der Waals surface area contributed by atoms with Gasteiger partial charge in [0.2, 0.25) is 23.6 Å². The van der Waals surface area contributed by atoms with Crippen molar-refractivity contribution in [1.29, 1.82) is 0 Å². The molecule has 1 heterocycles. The minimum Gasteiger partial charge on any atom is -0.370 e. The molecule has 5 N–H and O–H groups in total. The molecule has 8 nitrogen and oxygen atoms in total. The first-order valence-corrected chi connectivity index (χ1v) is 4.55. The highest BCUT2D eigenvalue weighted by molar-refractivity contribution is 6.03. The van der Waals surface area contributed by atoms with E-state index in [0.29, 0.717) is 0 Å². The van der Waals surface area contributed by atoms with Gasteiger partial charge < -0.3 is 16.4 Å². The molecule has 0 aliphatic carbocycles. The number of primary amides is 1. The van der Waals surface area contributed by atoms with Gasteiger partial charge in [-0.1, -0.05) is 0 Å². The van der Waals surface area contributed by atoms with Crippen LogP contribution in [0.15, 0.2) is 0 Å². The van der Waals surface area contributed by atoms with Gasteiger partial charge in [0.25, 0.3) is 0 Å². The molecule has 1 rings (SSSR count). The van der Waals surface area contributed by atoms with Crippen molar-refractivity contribution in [2.75, 3.05) is 13.1 Å². The van der Waals surface area contributed by atoms with E-state index >= 15 is 0 Å². The van der Waals surface area contributed by atoms with Gasteiger partial charge in [-0.15, -0.1) is 0 Å². The number of hydrogen-bond acceptors (Lipinski definition) is 5. The first-order chi connectivity index (χ1) is 7.40. The average molecular weight is 228 g/mol. The first kappa shape index (κ1) is 12.1. The topological polar surface area (TPSA) is 136 Å². The Morgan fingerprint density at radius 1 is 1.31 bits per heavy atom. The van der Waals surface area contributed by atoms with Crippen LogP contribution < -0.4 is 16.8 Å². The van der Waals surface area contributed by atoms with Gasteiger partial charge in [-0.3, -0.25) is 24.5 Å². The van der Waals surface area contributed by atoms with E-state index in [1.807, 2.05) is 5.32 Å². The summed E-state index contributed by atoms with van der Waals surface area (Å²) in [6, 6.07) is -1.11. The number of hydrogen-bond donors (Lipinski definition) is 3. The highest BCUT2D eigenvalue weighted by Gasteiger charge is 2.29. The van der Waals surface area contributed by atoms with E-state index in [9.17, 15) is 19.2 Å². The highest BCUT2D eigenvalue weighted by Crippen LogP contribution is 2.00. The summed E-state index contributed by atoms with van der Waals surface area (Å²) in [5, 5.41) is 2.04. The van der Waals surface area contributed by atoms with E-state index in [1.54, 1.807) is 0 Å². The van der Waals surface area contributed by atoms with E-state index in [4.69, 9.17) is 11.5 Å². The lowest BCUT2D eigenvalue weighted by Gasteiger charge is -2.27. The number of piperazine rings is 1. The van der Waals surface area contributed by atoms with E-state index < -0.39 is 29.7 Å². The van der Waals surface area contributed by atoms with Gasteiger partial charge in [0.1, 0.15) is 13.1 Å². The third-order valence-corrected chi connectivity index (χ3v) is 2.00. The van der Waals surface area contributed by atoms with Gasteiger partial charge in [0.05, 0.1) is 12.5 Å². The number of nitrogens with zero attached hydrogens (tertiary/aromatic N) is 1. The molecule has 1 aliphatic rings. The fourth-order valence-corrected chi connectivity index (χ4v) is 1.33. The number of nitrogens with two attached hydrogens (primary N) is 2. The zero-order valence-corrected chi connectivity index (χ0v) is 8.43. The van der Waals surface area contributed by atoms with Crippen molar-refractivity contribution < 1.29 is 19.2 Å². The van der Waals surface area contributed by atoms with Gasteiger partial charge in [-0.2, -0.15) is 0 Å².